The third kappa shape index (κ3) is 2.52. The van der Waals surface area contributed by atoms with E-state index < -0.39 is 0 Å². The van der Waals surface area contributed by atoms with Gasteiger partial charge < -0.3 is 9.15 Å². The lowest BCUT2D eigenvalue weighted by Gasteiger charge is -2.11. The molecule has 0 N–H and O–H groups in total. The number of fused-ring (bicyclic) bond motifs is 1. The fourth-order valence-corrected chi connectivity index (χ4v) is 2.83. The molecule has 0 spiro atoms. The molecular formula is C20H16N2O2. The van der Waals surface area contributed by atoms with E-state index in [1.807, 2.05) is 43.5 Å². The van der Waals surface area contributed by atoms with Gasteiger partial charge in [-0.2, -0.15) is 0 Å². The highest BCUT2D eigenvalue weighted by molar-refractivity contribution is 5.82. The molecule has 4 aromatic rings. The summed E-state index contributed by atoms with van der Waals surface area (Å²) in [4.78, 5) is 8.67. The molecule has 0 atom stereocenters. The fraction of sp³-hybridized carbons (Fsp3) is 0.100. The Balaban J connectivity index is 1.70. The van der Waals surface area contributed by atoms with E-state index >= 15 is 0 Å². The van der Waals surface area contributed by atoms with Crippen LogP contribution in [0.15, 0.2) is 65.5 Å². The van der Waals surface area contributed by atoms with Gasteiger partial charge in [0, 0.05) is 23.7 Å². The van der Waals surface area contributed by atoms with E-state index in [-0.39, 0.29) is 0 Å². The van der Waals surface area contributed by atoms with Crippen LogP contribution in [0, 0.1) is 13.8 Å². The van der Waals surface area contributed by atoms with Gasteiger partial charge in [-0.05, 0) is 55.3 Å². The Kier molecular flexibility index (Phi) is 3.50. The van der Waals surface area contributed by atoms with Gasteiger partial charge in [0.2, 0.25) is 5.88 Å². The lowest BCUT2D eigenvalue weighted by atomic mass is 9.99. The topological polar surface area (TPSA) is 48.2 Å². The highest BCUT2D eigenvalue weighted by Crippen LogP contribution is 2.32. The molecule has 0 aliphatic carbocycles. The second-order valence-corrected chi connectivity index (χ2v) is 5.66. The van der Waals surface area contributed by atoms with Crippen molar-refractivity contribution in [2.45, 2.75) is 13.8 Å². The lowest BCUT2D eigenvalue weighted by Crippen LogP contribution is -1.92. The summed E-state index contributed by atoms with van der Waals surface area (Å²) in [6.45, 7) is 4.09. The molecule has 0 radical (unpaired) electrons. The van der Waals surface area contributed by atoms with Crippen molar-refractivity contribution in [1.29, 1.82) is 0 Å². The molecule has 0 amide bonds. The van der Waals surface area contributed by atoms with Crippen LogP contribution in [0.5, 0.6) is 11.6 Å². The van der Waals surface area contributed by atoms with Gasteiger partial charge in [-0.1, -0.05) is 12.1 Å². The van der Waals surface area contributed by atoms with E-state index in [1.165, 1.54) is 0 Å². The quantitative estimate of drug-likeness (QED) is 0.514. The Morgan fingerprint density at radius 3 is 2.67 bits per heavy atom. The van der Waals surface area contributed by atoms with Gasteiger partial charge in [0.05, 0.1) is 11.6 Å². The molecule has 1 aromatic carbocycles. The number of furan rings is 1. The average Bonchev–Trinajstić information content (AvgIpc) is 3.06. The second kappa shape index (κ2) is 5.81. The molecule has 118 valence electrons. The average molecular weight is 316 g/mol. The molecule has 0 unspecified atom stereocenters. The molecule has 0 saturated heterocycles. The molecule has 0 fully saturated rings. The summed E-state index contributed by atoms with van der Waals surface area (Å²) < 4.78 is 11.3. The minimum absolute atomic E-state index is 0.547. The number of hydrogen-bond donors (Lipinski definition) is 0. The van der Waals surface area contributed by atoms with Crippen LogP contribution in [0.2, 0.25) is 0 Å². The molecule has 3 heterocycles. The van der Waals surface area contributed by atoms with Crippen molar-refractivity contribution in [3.63, 3.8) is 0 Å². The van der Waals surface area contributed by atoms with Gasteiger partial charge in [-0.15, -0.1) is 0 Å². The van der Waals surface area contributed by atoms with Crippen LogP contribution in [0.1, 0.15) is 11.3 Å². The van der Waals surface area contributed by atoms with Gasteiger partial charge in [0.15, 0.2) is 0 Å². The van der Waals surface area contributed by atoms with E-state index in [4.69, 9.17) is 9.15 Å². The first-order valence-corrected chi connectivity index (χ1v) is 7.75. The van der Waals surface area contributed by atoms with Crippen LogP contribution >= 0.6 is 0 Å². The van der Waals surface area contributed by atoms with Gasteiger partial charge >= 0.3 is 0 Å². The molecule has 4 rings (SSSR count). The highest BCUT2D eigenvalue weighted by atomic mass is 16.5. The van der Waals surface area contributed by atoms with E-state index in [0.717, 1.165) is 39.1 Å². The molecule has 4 heteroatoms. The predicted molar refractivity (Wildman–Crippen MR) is 93.2 cm³/mol. The maximum Gasteiger partial charge on any atom is 0.230 e. The van der Waals surface area contributed by atoms with Crippen LogP contribution in [0.4, 0.5) is 0 Å². The minimum atomic E-state index is 0.547. The van der Waals surface area contributed by atoms with Crippen LogP contribution in [0.3, 0.4) is 0 Å². The van der Waals surface area contributed by atoms with Crippen molar-refractivity contribution >= 4 is 11.0 Å². The number of nitrogens with zero attached hydrogens (tertiary/aromatic N) is 2. The maximum atomic E-state index is 5.97. The molecule has 0 bridgehead atoms. The SMILES string of the molecule is Cc1cc(Oc2nccc3occc23)ccc1-c1cccnc1C. The van der Waals surface area contributed by atoms with Crippen molar-refractivity contribution in [3.8, 4) is 22.8 Å². The van der Waals surface area contributed by atoms with Crippen molar-refractivity contribution in [2.24, 2.45) is 0 Å². The number of pyridine rings is 2. The van der Waals surface area contributed by atoms with E-state index in [2.05, 4.69) is 29.0 Å². The van der Waals surface area contributed by atoms with E-state index in [1.54, 1.807) is 12.5 Å². The molecule has 0 aliphatic rings. The Morgan fingerprint density at radius 1 is 0.917 bits per heavy atom. The summed E-state index contributed by atoms with van der Waals surface area (Å²) >= 11 is 0. The maximum absolute atomic E-state index is 5.97. The van der Waals surface area contributed by atoms with Gasteiger partial charge in [0.25, 0.3) is 0 Å². The number of benzene rings is 1. The van der Waals surface area contributed by atoms with Crippen LogP contribution < -0.4 is 4.74 Å². The summed E-state index contributed by atoms with van der Waals surface area (Å²) in [6.07, 6.45) is 5.13. The molecule has 24 heavy (non-hydrogen) atoms. The van der Waals surface area contributed by atoms with Crippen LogP contribution in [-0.4, -0.2) is 9.97 Å². The van der Waals surface area contributed by atoms with Crippen molar-refractivity contribution in [3.05, 3.63) is 72.4 Å². The summed E-state index contributed by atoms with van der Waals surface area (Å²) in [5, 5.41) is 0.863. The first-order chi connectivity index (χ1) is 11.7. The fourth-order valence-electron chi connectivity index (χ4n) is 2.83. The van der Waals surface area contributed by atoms with Crippen molar-refractivity contribution in [2.75, 3.05) is 0 Å². The molecule has 4 nitrogen and oxygen atoms in total. The summed E-state index contributed by atoms with van der Waals surface area (Å²) in [7, 11) is 0. The number of aryl methyl sites for hydroxylation is 2. The van der Waals surface area contributed by atoms with Crippen LogP contribution in [-0.2, 0) is 0 Å². The smallest absolute Gasteiger partial charge is 0.230 e. The van der Waals surface area contributed by atoms with Crippen molar-refractivity contribution in [1.82, 2.24) is 9.97 Å². The van der Waals surface area contributed by atoms with Crippen LogP contribution in [0.25, 0.3) is 22.1 Å². The summed E-state index contributed by atoms with van der Waals surface area (Å²) in [5.74, 6) is 1.30. The number of ether oxygens (including phenoxy) is 1. The zero-order valence-electron chi connectivity index (χ0n) is 13.5. The molecule has 0 saturated carbocycles. The van der Waals surface area contributed by atoms with E-state index in [9.17, 15) is 0 Å². The Bertz CT molecular complexity index is 1020. The van der Waals surface area contributed by atoms with Gasteiger partial charge in [0.1, 0.15) is 11.3 Å². The monoisotopic (exact) mass is 316 g/mol. The third-order valence-corrected chi connectivity index (χ3v) is 4.05. The van der Waals surface area contributed by atoms with Gasteiger partial charge in [-0.3, -0.25) is 4.98 Å². The Labute approximate surface area is 139 Å². The second-order valence-electron chi connectivity index (χ2n) is 5.66. The normalized spacial score (nSPS) is 10.9. The third-order valence-electron chi connectivity index (χ3n) is 4.05. The van der Waals surface area contributed by atoms with Gasteiger partial charge in [-0.25, -0.2) is 4.98 Å². The summed E-state index contributed by atoms with van der Waals surface area (Å²) in [6, 6.07) is 13.7. The standard InChI is InChI=1S/C20H16N2O2/c1-13-12-15(5-6-16(13)17-4-3-9-21-14(17)2)24-20-18-8-11-23-19(18)7-10-22-20/h3-12H,1-2H3. The molecular weight excluding hydrogens is 300 g/mol. The minimum Gasteiger partial charge on any atom is -0.464 e. The van der Waals surface area contributed by atoms with E-state index in [0.29, 0.717) is 5.88 Å². The molecule has 0 aliphatic heterocycles. The zero-order valence-corrected chi connectivity index (χ0v) is 13.5. The number of hydrogen-bond acceptors (Lipinski definition) is 4. The Hall–Kier alpha value is -3.14. The predicted octanol–water partition coefficient (Wildman–Crippen LogP) is 5.30. The zero-order chi connectivity index (χ0) is 16.5. The Morgan fingerprint density at radius 2 is 1.83 bits per heavy atom. The highest BCUT2D eigenvalue weighted by Gasteiger charge is 2.10. The number of aromatic nitrogens is 2. The van der Waals surface area contributed by atoms with Crippen molar-refractivity contribution < 1.29 is 9.15 Å². The first kappa shape index (κ1) is 14.5. The number of rotatable bonds is 3. The largest absolute Gasteiger partial charge is 0.464 e. The summed E-state index contributed by atoms with van der Waals surface area (Å²) in [5.41, 5.74) is 5.19. The first-order valence-electron chi connectivity index (χ1n) is 7.75. The lowest BCUT2D eigenvalue weighted by molar-refractivity contribution is 0.468. The molecule has 3 aromatic heterocycles.